The minimum absolute atomic E-state index is 0.146. The molecule has 0 radical (unpaired) electrons. The van der Waals surface area contributed by atoms with Crippen LogP contribution >= 0.6 is 11.3 Å². The van der Waals surface area contributed by atoms with Gasteiger partial charge in [0.1, 0.15) is 10.9 Å². The first-order chi connectivity index (χ1) is 13.9. The SMILES string of the molecule is Cc1ccc(/C=N/NC(=O)[C@H](C)n2cnc3sc4c(c3c2=O)CC[C@@H](C)C4)cc1. The highest BCUT2D eigenvalue weighted by atomic mass is 32.1. The maximum atomic E-state index is 13.1. The number of hydrazone groups is 1. The van der Waals surface area contributed by atoms with Crippen molar-refractivity contribution in [1.82, 2.24) is 15.0 Å². The van der Waals surface area contributed by atoms with Crippen molar-refractivity contribution in [3.8, 4) is 0 Å². The number of carbonyl (C=O) groups is 1. The lowest BCUT2D eigenvalue weighted by Crippen LogP contribution is -2.34. The lowest BCUT2D eigenvalue weighted by atomic mass is 9.89. The molecule has 1 aromatic carbocycles. The summed E-state index contributed by atoms with van der Waals surface area (Å²) >= 11 is 1.61. The van der Waals surface area contributed by atoms with E-state index in [1.807, 2.05) is 31.2 Å². The van der Waals surface area contributed by atoms with Crippen LogP contribution in [0, 0.1) is 12.8 Å². The summed E-state index contributed by atoms with van der Waals surface area (Å²) in [7, 11) is 0. The molecule has 1 aliphatic carbocycles. The average molecular weight is 409 g/mol. The fourth-order valence-corrected chi connectivity index (χ4v) is 5.00. The van der Waals surface area contributed by atoms with Gasteiger partial charge in [-0.15, -0.1) is 11.3 Å². The summed E-state index contributed by atoms with van der Waals surface area (Å²) in [5, 5.41) is 4.70. The molecule has 0 saturated heterocycles. The minimum atomic E-state index is -0.701. The van der Waals surface area contributed by atoms with Gasteiger partial charge in [0.25, 0.3) is 11.5 Å². The summed E-state index contributed by atoms with van der Waals surface area (Å²) in [5.41, 5.74) is 5.56. The Hall–Kier alpha value is -2.80. The third kappa shape index (κ3) is 3.87. The molecule has 2 atom stereocenters. The lowest BCUT2D eigenvalue weighted by Gasteiger charge is -2.18. The van der Waals surface area contributed by atoms with E-state index < -0.39 is 6.04 Å². The van der Waals surface area contributed by atoms with Gasteiger partial charge in [-0.05, 0) is 50.2 Å². The number of rotatable bonds is 4. The van der Waals surface area contributed by atoms with Crippen LogP contribution in [0.2, 0.25) is 0 Å². The molecule has 0 unspecified atom stereocenters. The van der Waals surface area contributed by atoms with E-state index in [0.717, 1.165) is 40.8 Å². The zero-order valence-corrected chi connectivity index (χ0v) is 17.6. The summed E-state index contributed by atoms with van der Waals surface area (Å²) < 4.78 is 1.41. The Labute approximate surface area is 173 Å². The van der Waals surface area contributed by atoms with Crippen LogP contribution in [0.3, 0.4) is 0 Å². The van der Waals surface area contributed by atoms with Crippen molar-refractivity contribution in [2.24, 2.45) is 11.0 Å². The molecule has 6 nitrogen and oxygen atoms in total. The zero-order valence-electron chi connectivity index (χ0n) is 16.8. The van der Waals surface area contributed by atoms with Crippen molar-refractivity contribution in [3.63, 3.8) is 0 Å². The highest BCUT2D eigenvalue weighted by Gasteiger charge is 2.25. The van der Waals surface area contributed by atoms with E-state index in [1.165, 1.54) is 15.8 Å². The first-order valence-electron chi connectivity index (χ1n) is 9.85. The number of hydrogen-bond acceptors (Lipinski definition) is 5. The highest BCUT2D eigenvalue weighted by Crippen LogP contribution is 2.35. The van der Waals surface area contributed by atoms with Crippen molar-refractivity contribution in [1.29, 1.82) is 0 Å². The predicted octanol–water partition coefficient (Wildman–Crippen LogP) is 3.60. The molecule has 1 N–H and O–H groups in total. The van der Waals surface area contributed by atoms with E-state index in [-0.39, 0.29) is 11.5 Å². The summed E-state index contributed by atoms with van der Waals surface area (Å²) in [6.45, 7) is 5.94. The Morgan fingerprint density at radius 2 is 2.14 bits per heavy atom. The standard InChI is InChI=1S/C22H24N4O2S/c1-13-4-7-16(8-5-13)11-24-25-20(27)15(3)26-12-23-21-19(22(26)28)17-9-6-14(2)10-18(17)29-21/h4-5,7-8,11-12,14-15H,6,9-10H2,1-3H3,(H,25,27)/b24-11+/t14-,15+/m1/s1. The average Bonchev–Trinajstić information content (AvgIpc) is 3.07. The molecule has 7 heteroatoms. The van der Waals surface area contributed by atoms with Crippen molar-refractivity contribution in [2.75, 3.05) is 0 Å². The van der Waals surface area contributed by atoms with Gasteiger partial charge < -0.3 is 0 Å². The molecule has 0 fully saturated rings. The lowest BCUT2D eigenvalue weighted by molar-refractivity contribution is -0.123. The molecular formula is C22H24N4O2S. The Balaban J connectivity index is 1.55. The Kier molecular flexibility index (Phi) is 5.32. The Morgan fingerprint density at radius 1 is 1.38 bits per heavy atom. The summed E-state index contributed by atoms with van der Waals surface area (Å²) in [6, 6.07) is 7.12. The summed E-state index contributed by atoms with van der Waals surface area (Å²) in [4.78, 5) is 32.2. The quantitative estimate of drug-likeness (QED) is 0.529. The Bertz CT molecular complexity index is 1140. The second-order valence-electron chi connectivity index (χ2n) is 7.81. The first-order valence-corrected chi connectivity index (χ1v) is 10.7. The molecule has 1 aliphatic rings. The van der Waals surface area contributed by atoms with Gasteiger partial charge >= 0.3 is 0 Å². The molecule has 150 valence electrons. The van der Waals surface area contributed by atoms with Gasteiger partial charge in [-0.2, -0.15) is 5.10 Å². The minimum Gasteiger partial charge on any atom is -0.286 e. The van der Waals surface area contributed by atoms with Crippen LogP contribution in [0.4, 0.5) is 0 Å². The molecule has 1 amide bonds. The molecule has 4 rings (SSSR count). The summed E-state index contributed by atoms with van der Waals surface area (Å²) in [5.74, 6) is 0.281. The van der Waals surface area contributed by atoms with E-state index >= 15 is 0 Å². The van der Waals surface area contributed by atoms with Gasteiger partial charge in [0.15, 0.2) is 0 Å². The van der Waals surface area contributed by atoms with E-state index in [2.05, 4.69) is 22.4 Å². The van der Waals surface area contributed by atoms with Crippen LogP contribution in [0.25, 0.3) is 10.2 Å². The van der Waals surface area contributed by atoms with Crippen LogP contribution in [0.15, 0.2) is 40.5 Å². The van der Waals surface area contributed by atoms with Crippen molar-refractivity contribution < 1.29 is 4.79 Å². The number of aromatic nitrogens is 2. The van der Waals surface area contributed by atoms with Gasteiger partial charge in [-0.25, -0.2) is 10.4 Å². The number of hydrogen-bond donors (Lipinski definition) is 1. The molecule has 0 bridgehead atoms. The fraction of sp³-hybridized carbons (Fsp3) is 0.364. The zero-order chi connectivity index (χ0) is 20.5. The smallest absolute Gasteiger partial charge is 0.263 e. The van der Waals surface area contributed by atoms with Gasteiger partial charge in [0.05, 0.1) is 17.9 Å². The third-order valence-corrected chi connectivity index (χ3v) is 6.67. The van der Waals surface area contributed by atoms with Crippen molar-refractivity contribution in [2.45, 2.75) is 46.1 Å². The van der Waals surface area contributed by atoms with Crippen molar-refractivity contribution in [3.05, 3.63) is 62.5 Å². The van der Waals surface area contributed by atoms with E-state index in [9.17, 15) is 9.59 Å². The molecule has 2 heterocycles. The Morgan fingerprint density at radius 3 is 2.90 bits per heavy atom. The molecule has 0 aliphatic heterocycles. The number of carbonyl (C=O) groups excluding carboxylic acids is 1. The summed E-state index contributed by atoms with van der Waals surface area (Å²) in [6.07, 6.45) is 6.05. The largest absolute Gasteiger partial charge is 0.286 e. The van der Waals surface area contributed by atoms with E-state index in [0.29, 0.717) is 11.3 Å². The van der Waals surface area contributed by atoms with Crippen LogP contribution in [-0.2, 0) is 17.6 Å². The van der Waals surface area contributed by atoms with Crippen LogP contribution in [0.1, 0.15) is 47.9 Å². The molecule has 29 heavy (non-hydrogen) atoms. The highest BCUT2D eigenvalue weighted by molar-refractivity contribution is 7.18. The number of fused-ring (bicyclic) bond motifs is 3. The van der Waals surface area contributed by atoms with Gasteiger partial charge in [0, 0.05) is 4.88 Å². The topological polar surface area (TPSA) is 76.3 Å². The molecule has 0 spiro atoms. The number of amides is 1. The third-order valence-electron chi connectivity index (χ3n) is 5.50. The van der Waals surface area contributed by atoms with E-state index in [1.54, 1.807) is 24.5 Å². The van der Waals surface area contributed by atoms with Gasteiger partial charge in [-0.1, -0.05) is 36.8 Å². The van der Waals surface area contributed by atoms with Crippen molar-refractivity contribution >= 4 is 33.7 Å². The molecule has 0 saturated carbocycles. The fourth-order valence-electron chi connectivity index (χ4n) is 3.66. The number of benzene rings is 1. The number of aryl methyl sites for hydroxylation is 2. The number of nitrogens with zero attached hydrogens (tertiary/aromatic N) is 3. The number of thiophene rings is 1. The second-order valence-corrected chi connectivity index (χ2v) is 8.89. The van der Waals surface area contributed by atoms with Crippen LogP contribution < -0.4 is 11.0 Å². The maximum absolute atomic E-state index is 13.1. The molecule has 3 aromatic rings. The van der Waals surface area contributed by atoms with Crippen LogP contribution in [0.5, 0.6) is 0 Å². The van der Waals surface area contributed by atoms with E-state index in [4.69, 9.17) is 0 Å². The second kappa shape index (κ2) is 7.91. The van der Waals surface area contributed by atoms with Crippen LogP contribution in [-0.4, -0.2) is 21.7 Å². The number of nitrogens with one attached hydrogen (secondary N) is 1. The normalized spacial score (nSPS) is 17.4. The van der Waals surface area contributed by atoms with Gasteiger partial charge in [0.2, 0.25) is 0 Å². The monoisotopic (exact) mass is 408 g/mol. The first kappa shape index (κ1) is 19.5. The molecule has 2 aromatic heterocycles. The molecular weight excluding hydrogens is 384 g/mol. The predicted molar refractivity (Wildman–Crippen MR) is 117 cm³/mol. The maximum Gasteiger partial charge on any atom is 0.263 e. The van der Waals surface area contributed by atoms with Gasteiger partial charge in [-0.3, -0.25) is 14.2 Å².